The summed E-state index contributed by atoms with van der Waals surface area (Å²) in [5.74, 6) is -1.44. The number of rotatable bonds is 1. The molecular formula is C3H5Cl2KNa2O3. The number of aliphatic carboxylic acids is 1. The minimum atomic E-state index is -1.44. The molecule has 1 N–H and O–H groups in total. The second-order valence-corrected chi connectivity index (χ2v) is 0.995. The van der Waals surface area contributed by atoms with E-state index in [4.69, 9.17) is 5.11 Å². The zero-order valence-corrected chi connectivity index (χ0v) is 15.7. The van der Waals surface area contributed by atoms with Crippen LogP contribution in [0.1, 0.15) is 6.92 Å². The van der Waals surface area contributed by atoms with E-state index in [-0.39, 0.29) is 135 Å². The van der Waals surface area contributed by atoms with E-state index in [0.717, 1.165) is 6.92 Å². The van der Waals surface area contributed by atoms with Crippen LogP contribution in [0.3, 0.4) is 0 Å². The van der Waals surface area contributed by atoms with Crippen molar-refractivity contribution in [1.82, 2.24) is 0 Å². The molecule has 0 bridgehead atoms. The van der Waals surface area contributed by atoms with Crippen LogP contribution < -0.4 is 140 Å². The first kappa shape index (κ1) is 36.5. The van der Waals surface area contributed by atoms with Crippen molar-refractivity contribution in [1.29, 1.82) is 0 Å². The van der Waals surface area contributed by atoms with E-state index >= 15 is 0 Å². The molecule has 1 unspecified atom stereocenters. The molecule has 0 saturated heterocycles. The molecule has 52 valence electrons. The summed E-state index contributed by atoms with van der Waals surface area (Å²) in [5, 5.41) is 17.3. The van der Waals surface area contributed by atoms with Crippen LogP contribution in [0.5, 0.6) is 0 Å². The maximum Gasteiger partial charge on any atom is 1.00 e. The van der Waals surface area contributed by atoms with Gasteiger partial charge < -0.3 is 39.8 Å². The van der Waals surface area contributed by atoms with Crippen molar-refractivity contribution < 1.29 is 150 Å². The van der Waals surface area contributed by atoms with Gasteiger partial charge in [-0.1, -0.05) is 0 Å². The molecule has 0 aromatic carbocycles. The fraction of sp³-hybridized carbons (Fsp3) is 0.667. The average Bonchev–Trinajstić information content (AvgIpc) is 1.36. The molecule has 8 heteroatoms. The summed E-state index contributed by atoms with van der Waals surface area (Å²) in [5.41, 5.74) is 0. The number of aliphatic hydroxyl groups is 1. The predicted octanol–water partition coefficient (Wildman–Crippen LogP) is -16.9. The van der Waals surface area contributed by atoms with Crippen LogP contribution in [-0.4, -0.2) is 17.2 Å². The van der Waals surface area contributed by atoms with Gasteiger partial charge in [-0.3, -0.25) is 0 Å². The van der Waals surface area contributed by atoms with E-state index in [9.17, 15) is 9.90 Å². The Kier molecular flexibility index (Phi) is 77.8. The quantitative estimate of drug-likeness (QED) is 0.467. The Morgan fingerprint density at radius 2 is 1.45 bits per heavy atom. The van der Waals surface area contributed by atoms with Gasteiger partial charge in [-0.25, -0.2) is 0 Å². The van der Waals surface area contributed by atoms with Gasteiger partial charge in [0.25, 0.3) is 0 Å². The number of hydrogen-bond donors (Lipinski definition) is 1. The summed E-state index contributed by atoms with van der Waals surface area (Å²) >= 11 is 0. The fourth-order valence-electron chi connectivity index (χ4n) is 0. The van der Waals surface area contributed by atoms with Crippen molar-refractivity contribution in [3.8, 4) is 0 Å². The Hall–Kier alpha value is 3.65. The van der Waals surface area contributed by atoms with Gasteiger partial charge in [-0.05, 0) is 6.92 Å². The molecule has 0 aromatic rings. The van der Waals surface area contributed by atoms with Crippen LogP contribution in [0.15, 0.2) is 0 Å². The Bertz CT molecular complexity index is 75.6. The molecule has 0 amide bonds. The Labute approximate surface area is 165 Å². The smallest absolute Gasteiger partial charge is 1.00 e. The maximum atomic E-state index is 9.34. The van der Waals surface area contributed by atoms with Gasteiger partial charge in [0.2, 0.25) is 0 Å². The van der Waals surface area contributed by atoms with E-state index in [1.807, 2.05) is 0 Å². The van der Waals surface area contributed by atoms with E-state index in [1.165, 1.54) is 0 Å². The molecule has 0 aliphatic heterocycles. The Morgan fingerprint density at radius 1 is 1.36 bits per heavy atom. The molecule has 0 spiro atoms. The molecule has 0 aromatic heterocycles. The topological polar surface area (TPSA) is 60.4 Å². The fourth-order valence-corrected chi connectivity index (χ4v) is 0. The van der Waals surface area contributed by atoms with Gasteiger partial charge in [0.15, 0.2) is 0 Å². The molecule has 11 heavy (non-hydrogen) atoms. The van der Waals surface area contributed by atoms with Crippen molar-refractivity contribution >= 4 is 5.97 Å². The Morgan fingerprint density at radius 3 is 1.45 bits per heavy atom. The largest absolute Gasteiger partial charge is 1.00 e. The normalized spacial score (nSPS) is 7.45. The average molecular weight is 245 g/mol. The van der Waals surface area contributed by atoms with E-state index in [2.05, 4.69) is 0 Å². The number of hydrogen-bond acceptors (Lipinski definition) is 3. The third-order valence-electron chi connectivity index (χ3n) is 0.341. The second kappa shape index (κ2) is 23.5. The molecule has 0 saturated carbocycles. The van der Waals surface area contributed by atoms with Crippen LogP contribution in [0.25, 0.3) is 0 Å². The van der Waals surface area contributed by atoms with Gasteiger partial charge >= 0.3 is 110 Å². The number of aliphatic hydroxyl groups excluding tert-OH is 1. The first-order valence-corrected chi connectivity index (χ1v) is 1.53. The summed E-state index contributed by atoms with van der Waals surface area (Å²) in [6, 6.07) is 0. The molecule has 0 aliphatic rings. The van der Waals surface area contributed by atoms with E-state index < -0.39 is 12.1 Å². The molecule has 1 atom stereocenters. The monoisotopic (exact) mass is 244 g/mol. The van der Waals surface area contributed by atoms with Crippen LogP contribution in [0, 0.1) is 0 Å². The van der Waals surface area contributed by atoms with Crippen LogP contribution in [-0.2, 0) is 4.79 Å². The third-order valence-corrected chi connectivity index (χ3v) is 0.341. The van der Waals surface area contributed by atoms with Crippen molar-refractivity contribution in [3.63, 3.8) is 0 Å². The number of halogens is 2. The second-order valence-electron chi connectivity index (χ2n) is 0.995. The Balaban J connectivity index is -0.0000000125. The summed E-state index contributed by atoms with van der Waals surface area (Å²) in [6.07, 6.45) is -1.34. The zero-order valence-electron chi connectivity index (χ0n) is 7.10. The predicted molar refractivity (Wildman–Crippen MR) is 16.7 cm³/mol. The molecule has 0 rings (SSSR count). The van der Waals surface area contributed by atoms with Gasteiger partial charge in [-0.15, -0.1) is 0 Å². The first-order chi connectivity index (χ1) is 2.64. The third kappa shape index (κ3) is 31.7. The van der Waals surface area contributed by atoms with Crippen molar-refractivity contribution in [2.45, 2.75) is 13.0 Å². The van der Waals surface area contributed by atoms with Gasteiger partial charge in [-0.2, -0.15) is 0 Å². The number of carbonyl (C=O) groups excluding carboxylic acids is 1. The van der Waals surface area contributed by atoms with Crippen molar-refractivity contribution in [3.05, 3.63) is 0 Å². The summed E-state index contributed by atoms with van der Waals surface area (Å²) in [7, 11) is 0. The van der Waals surface area contributed by atoms with E-state index in [0.29, 0.717) is 0 Å². The molecule has 0 aliphatic carbocycles. The standard InChI is InChI=1S/C3H6O3.2ClH.K.2Na/c1-2(4)3(5)6;;;;;/h2,4H,1H3,(H,5,6);2*1H;;;/q;;;3*+1/p-3. The van der Waals surface area contributed by atoms with Gasteiger partial charge in [0.05, 0.1) is 12.1 Å². The molecule has 0 radical (unpaired) electrons. The van der Waals surface area contributed by atoms with Crippen molar-refractivity contribution in [2.75, 3.05) is 0 Å². The summed E-state index contributed by atoms with van der Waals surface area (Å²) < 4.78 is 0. The van der Waals surface area contributed by atoms with Crippen LogP contribution in [0.2, 0.25) is 0 Å². The first-order valence-electron chi connectivity index (χ1n) is 1.53. The molecular weight excluding hydrogens is 240 g/mol. The number of carbonyl (C=O) groups is 1. The molecule has 0 heterocycles. The van der Waals surface area contributed by atoms with E-state index in [1.54, 1.807) is 0 Å². The van der Waals surface area contributed by atoms with Crippen molar-refractivity contribution in [2.24, 2.45) is 0 Å². The van der Waals surface area contributed by atoms with Crippen LogP contribution in [0.4, 0.5) is 0 Å². The SMILES string of the molecule is CC(O)C(=O)[O-].[Cl-].[Cl-].[K+].[Na+].[Na+]. The molecule has 0 fully saturated rings. The van der Waals surface area contributed by atoms with Gasteiger partial charge in [0.1, 0.15) is 0 Å². The molecule has 3 nitrogen and oxygen atoms in total. The minimum absolute atomic E-state index is 0. The maximum absolute atomic E-state index is 9.34. The number of carboxylic acid groups (broad SMARTS) is 1. The summed E-state index contributed by atoms with van der Waals surface area (Å²) in [4.78, 5) is 9.34. The number of carboxylic acids is 1. The van der Waals surface area contributed by atoms with Gasteiger partial charge in [0, 0.05) is 0 Å². The minimum Gasteiger partial charge on any atom is -1.00 e. The summed E-state index contributed by atoms with van der Waals surface area (Å²) in [6.45, 7) is 1.13. The zero-order chi connectivity index (χ0) is 5.15. The van der Waals surface area contributed by atoms with Crippen LogP contribution >= 0.6 is 0 Å².